The van der Waals surface area contributed by atoms with Crippen molar-refractivity contribution in [2.75, 3.05) is 13.1 Å². The van der Waals surface area contributed by atoms with Gasteiger partial charge in [-0.25, -0.2) is 4.79 Å². The summed E-state index contributed by atoms with van der Waals surface area (Å²) in [6, 6.07) is 0. The second kappa shape index (κ2) is 4.72. The van der Waals surface area contributed by atoms with Gasteiger partial charge < -0.3 is 9.64 Å². The molecule has 5 heteroatoms. The van der Waals surface area contributed by atoms with Crippen molar-refractivity contribution in [1.82, 2.24) is 4.90 Å². The fourth-order valence-electron chi connectivity index (χ4n) is 2.96. The van der Waals surface area contributed by atoms with Gasteiger partial charge in [0.25, 0.3) is 0 Å². The Balaban J connectivity index is 1.89. The third-order valence-corrected chi connectivity index (χ3v) is 4.03. The lowest BCUT2D eigenvalue weighted by atomic mass is 10.0. The number of likely N-dealkylation sites (tertiary alicyclic amines) is 1. The number of halogens is 1. The van der Waals surface area contributed by atoms with Gasteiger partial charge in [-0.3, -0.25) is 4.79 Å². The molecule has 0 aromatic rings. The Kier molecular flexibility index (Phi) is 3.58. The van der Waals surface area contributed by atoms with E-state index in [1.807, 2.05) is 20.8 Å². The number of carbonyl (C=O) groups is 2. The summed E-state index contributed by atoms with van der Waals surface area (Å²) < 4.78 is 5.36. The average molecular weight is 274 g/mol. The Morgan fingerprint density at radius 1 is 1.17 bits per heavy atom. The molecular formula is C13H20ClNO3. The number of ether oxygens (including phenoxy) is 1. The number of fused-ring (bicyclic) bond motifs is 1. The summed E-state index contributed by atoms with van der Waals surface area (Å²) in [6.07, 6.45) is 1.38. The number of hydrogen-bond donors (Lipinski definition) is 0. The molecule has 1 heterocycles. The van der Waals surface area contributed by atoms with Crippen molar-refractivity contribution in [3.63, 3.8) is 0 Å². The lowest BCUT2D eigenvalue weighted by molar-refractivity contribution is -0.115. The summed E-state index contributed by atoms with van der Waals surface area (Å²) in [5.74, 6) is 0.804. The van der Waals surface area contributed by atoms with Gasteiger partial charge in [-0.2, -0.15) is 0 Å². The maximum atomic E-state index is 11.9. The third-order valence-electron chi connectivity index (χ3n) is 3.72. The number of rotatable bonds is 1. The molecule has 2 unspecified atom stereocenters. The molecular weight excluding hydrogens is 254 g/mol. The fourth-order valence-corrected chi connectivity index (χ4v) is 3.14. The highest BCUT2D eigenvalue weighted by Gasteiger charge is 2.44. The van der Waals surface area contributed by atoms with E-state index in [9.17, 15) is 9.59 Å². The van der Waals surface area contributed by atoms with Gasteiger partial charge in [0.15, 0.2) is 0 Å². The third kappa shape index (κ3) is 2.97. The van der Waals surface area contributed by atoms with E-state index < -0.39 is 5.60 Å². The molecule has 2 fully saturated rings. The quantitative estimate of drug-likeness (QED) is 0.690. The first-order chi connectivity index (χ1) is 8.26. The Morgan fingerprint density at radius 2 is 1.67 bits per heavy atom. The first-order valence-electron chi connectivity index (χ1n) is 6.43. The van der Waals surface area contributed by atoms with Crippen molar-refractivity contribution in [1.29, 1.82) is 0 Å². The van der Waals surface area contributed by atoms with Crippen molar-refractivity contribution in [3.8, 4) is 0 Å². The molecule has 18 heavy (non-hydrogen) atoms. The van der Waals surface area contributed by atoms with E-state index in [1.165, 1.54) is 0 Å². The molecule has 0 bridgehead atoms. The van der Waals surface area contributed by atoms with Gasteiger partial charge in [0.2, 0.25) is 5.24 Å². The Hall–Kier alpha value is -0.770. The molecule has 1 saturated carbocycles. The molecule has 4 nitrogen and oxygen atoms in total. The Bertz CT molecular complexity index is 350. The molecule has 2 rings (SSSR count). The van der Waals surface area contributed by atoms with E-state index in [-0.39, 0.29) is 17.3 Å². The maximum absolute atomic E-state index is 11.9. The summed E-state index contributed by atoms with van der Waals surface area (Å²) >= 11 is 5.54. The van der Waals surface area contributed by atoms with Crippen LogP contribution in [0.1, 0.15) is 33.6 Å². The second-order valence-electron chi connectivity index (χ2n) is 6.38. The van der Waals surface area contributed by atoms with Crippen LogP contribution in [0.5, 0.6) is 0 Å². The largest absolute Gasteiger partial charge is 0.444 e. The minimum Gasteiger partial charge on any atom is -0.444 e. The van der Waals surface area contributed by atoms with E-state index in [0.717, 1.165) is 12.8 Å². The number of amides is 1. The molecule has 1 saturated heterocycles. The standard InChI is InChI=1S/C13H20ClNO3/c1-13(2,3)18-12(17)15-6-9-4-8(11(14)16)5-10(9)7-15/h8-10H,4-7H2,1-3H3. The van der Waals surface area contributed by atoms with E-state index in [4.69, 9.17) is 16.3 Å². The van der Waals surface area contributed by atoms with E-state index in [0.29, 0.717) is 24.9 Å². The molecule has 1 amide bonds. The topological polar surface area (TPSA) is 46.6 Å². The first kappa shape index (κ1) is 13.7. The van der Waals surface area contributed by atoms with Crippen molar-refractivity contribution in [2.24, 2.45) is 17.8 Å². The highest BCUT2D eigenvalue weighted by molar-refractivity contribution is 6.64. The predicted octanol–water partition coefficient (Wildman–Crippen LogP) is 2.64. The molecule has 2 aliphatic rings. The van der Waals surface area contributed by atoms with Crippen LogP contribution >= 0.6 is 11.6 Å². The van der Waals surface area contributed by atoms with Crippen molar-refractivity contribution >= 4 is 22.9 Å². The molecule has 0 radical (unpaired) electrons. The zero-order chi connectivity index (χ0) is 13.5. The number of carbonyl (C=O) groups excluding carboxylic acids is 2. The molecule has 2 atom stereocenters. The number of nitrogens with zero attached hydrogens (tertiary/aromatic N) is 1. The molecule has 0 spiro atoms. The molecule has 1 aliphatic heterocycles. The van der Waals surface area contributed by atoms with Crippen LogP contribution in [0.3, 0.4) is 0 Å². The van der Waals surface area contributed by atoms with E-state index in [2.05, 4.69) is 0 Å². The normalized spacial score (nSPS) is 31.3. The summed E-state index contributed by atoms with van der Waals surface area (Å²) in [6.45, 7) is 6.98. The summed E-state index contributed by atoms with van der Waals surface area (Å²) in [4.78, 5) is 24.8. The van der Waals surface area contributed by atoms with Crippen LogP contribution in [0.25, 0.3) is 0 Å². The minimum absolute atomic E-state index is 0.0116. The van der Waals surface area contributed by atoms with Crippen LogP contribution in [0.2, 0.25) is 0 Å². The Labute approximate surface area is 113 Å². The molecule has 0 N–H and O–H groups in total. The zero-order valence-electron chi connectivity index (χ0n) is 11.1. The predicted molar refractivity (Wildman–Crippen MR) is 68.4 cm³/mol. The van der Waals surface area contributed by atoms with Crippen LogP contribution in [0.4, 0.5) is 4.79 Å². The lowest BCUT2D eigenvalue weighted by Crippen LogP contribution is -2.36. The van der Waals surface area contributed by atoms with Crippen LogP contribution in [0, 0.1) is 17.8 Å². The van der Waals surface area contributed by atoms with Crippen LogP contribution in [-0.2, 0) is 9.53 Å². The van der Waals surface area contributed by atoms with Crippen molar-refractivity contribution in [3.05, 3.63) is 0 Å². The summed E-state index contributed by atoms with van der Waals surface area (Å²) in [7, 11) is 0. The van der Waals surface area contributed by atoms with Gasteiger partial charge in [-0.1, -0.05) is 0 Å². The fraction of sp³-hybridized carbons (Fsp3) is 0.846. The second-order valence-corrected chi connectivity index (χ2v) is 6.75. The summed E-state index contributed by atoms with van der Waals surface area (Å²) in [5.41, 5.74) is -0.455. The van der Waals surface area contributed by atoms with Gasteiger partial charge in [0.05, 0.1) is 0 Å². The van der Waals surface area contributed by atoms with E-state index in [1.54, 1.807) is 4.90 Å². The minimum atomic E-state index is -0.455. The first-order valence-corrected chi connectivity index (χ1v) is 6.81. The number of hydrogen-bond acceptors (Lipinski definition) is 3. The molecule has 0 aromatic heterocycles. The SMILES string of the molecule is CC(C)(C)OC(=O)N1CC2CC(C(=O)Cl)CC2C1. The van der Waals surface area contributed by atoms with Gasteiger partial charge in [-0.15, -0.1) is 0 Å². The van der Waals surface area contributed by atoms with Gasteiger partial charge in [0.1, 0.15) is 5.60 Å². The van der Waals surface area contributed by atoms with Crippen molar-refractivity contribution in [2.45, 2.75) is 39.2 Å². The smallest absolute Gasteiger partial charge is 0.410 e. The Morgan fingerprint density at radius 3 is 2.06 bits per heavy atom. The summed E-state index contributed by atoms with van der Waals surface area (Å²) in [5, 5.41) is -0.229. The van der Waals surface area contributed by atoms with Crippen LogP contribution in [0.15, 0.2) is 0 Å². The molecule has 102 valence electrons. The monoisotopic (exact) mass is 273 g/mol. The highest BCUT2D eigenvalue weighted by atomic mass is 35.5. The van der Waals surface area contributed by atoms with Crippen molar-refractivity contribution < 1.29 is 14.3 Å². The molecule has 0 aromatic carbocycles. The molecule has 1 aliphatic carbocycles. The van der Waals surface area contributed by atoms with E-state index >= 15 is 0 Å². The highest BCUT2D eigenvalue weighted by Crippen LogP contribution is 2.42. The van der Waals surface area contributed by atoms with Crippen LogP contribution < -0.4 is 0 Å². The maximum Gasteiger partial charge on any atom is 0.410 e. The van der Waals surface area contributed by atoms with Crippen LogP contribution in [-0.4, -0.2) is 34.9 Å². The van der Waals surface area contributed by atoms with Gasteiger partial charge in [-0.05, 0) is 57.0 Å². The lowest BCUT2D eigenvalue weighted by Gasteiger charge is -2.25. The average Bonchev–Trinajstić information content (AvgIpc) is 2.69. The zero-order valence-corrected chi connectivity index (χ0v) is 11.9. The van der Waals surface area contributed by atoms with Gasteiger partial charge in [0, 0.05) is 19.0 Å². The van der Waals surface area contributed by atoms with Gasteiger partial charge >= 0.3 is 6.09 Å².